The second kappa shape index (κ2) is 41.9. The van der Waals surface area contributed by atoms with E-state index in [2.05, 4.69) is 212 Å². The van der Waals surface area contributed by atoms with Crippen LogP contribution in [0.4, 0.5) is 35.0 Å². The highest BCUT2D eigenvalue weighted by atomic mass is 19.2. The third-order valence-electron chi connectivity index (χ3n) is 26.8. The highest BCUT2D eigenvalue weighted by Crippen LogP contribution is 2.42. The fourth-order valence-corrected chi connectivity index (χ4v) is 20.1. The number of benzene rings is 5. The Morgan fingerprint density at radius 3 is 1.09 bits per heavy atom. The number of hydrogen-bond donors (Lipinski definition) is 13. The van der Waals surface area contributed by atoms with Gasteiger partial charge in [-0.05, 0) is 302 Å². The van der Waals surface area contributed by atoms with E-state index < -0.39 is 23.3 Å². The van der Waals surface area contributed by atoms with Crippen molar-refractivity contribution in [3.8, 4) is 129 Å². The van der Waals surface area contributed by atoms with E-state index in [0.717, 1.165) is 140 Å². The van der Waals surface area contributed by atoms with E-state index in [9.17, 15) is 32.9 Å². The molecule has 6 aliphatic rings. The minimum Gasteiger partial charge on any atom is -0.507 e. The topological polar surface area (TPSA) is 403 Å². The SMILES string of the molecule is CN(c1ccc(-c2cc(F)c(-c3cn[nH]c3)cc2F)nn1)C1CC(C)(C)NC(C)(C)C1.CN(c1ccc(-c2ccc(-c3cn[nH]c3)c(F)c2F)nn1)C1CC(C)(C)NC(C)(C)C1.CN(c1ccc(-c2ccc(-c3cn[nH]c3)cc2O)nn1)C1CCNCC1.Oc1cc(-c2cn[nH]c2)ccc1-c1ccc(C2=CC3CCC(C2)N3)nn1.Oc1cc(-c2cn[nH]c2)ccc1-c1ccc(CC2CCNCC2)nn1. The fourth-order valence-electron chi connectivity index (χ4n) is 20.1. The summed E-state index contributed by atoms with van der Waals surface area (Å²) in [6, 6.07) is 42.8. The Morgan fingerprint density at radius 2 is 0.691 bits per heavy atom. The van der Waals surface area contributed by atoms with Crippen LogP contribution in [0.25, 0.3) is 117 Å². The molecular weight excluding hydrogens is 1770 g/mol. The molecule has 13 N–H and O–H groups in total. The smallest absolute Gasteiger partial charge is 0.168 e. The molecule has 15 aromatic rings. The molecule has 16 heterocycles. The van der Waals surface area contributed by atoms with Crippen LogP contribution in [0.15, 0.2) is 208 Å². The summed E-state index contributed by atoms with van der Waals surface area (Å²) in [5.41, 5.74) is 14.8. The predicted octanol–water partition coefficient (Wildman–Crippen LogP) is 17.5. The molecule has 35 heteroatoms. The lowest BCUT2D eigenvalue weighted by Gasteiger charge is -2.49. The van der Waals surface area contributed by atoms with Crippen molar-refractivity contribution in [3.05, 3.63) is 242 Å². The van der Waals surface area contributed by atoms with Crippen molar-refractivity contribution in [3.63, 3.8) is 0 Å². The number of hydrogen-bond acceptors (Lipinski definition) is 26. The van der Waals surface area contributed by atoms with Gasteiger partial charge in [0.1, 0.15) is 28.9 Å². The largest absolute Gasteiger partial charge is 0.507 e. The number of phenolic OH excluding ortho intramolecular Hbond substituents is 3. The molecular formula is C104H118F4N28O3. The predicted molar refractivity (Wildman–Crippen MR) is 532 cm³/mol. The van der Waals surface area contributed by atoms with Crippen molar-refractivity contribution in [2.24, 2.45) is 5.92 Å². The van der Waals surface area contributed by atoms with Gasteiger partial charge in [0, 0.05) is 171 Å². The first-order valence-electron chi connectivity index (χ1n) is 47.2. The van der Waals surface area contributed by atoms with Crippen LogP contribution in [0.2, 0.25) is 0 Å². The number of nitrogens with zero attached hydrogens (tertiary/aromatic N) is 18. The van der Waals surface area contributed by atoms with E-state index in [-0.39, 0.29) is 73.7 Å². The lowest BCUT2D eigenvalue weighted by molar-refractivity contribution is 0.160. The van der Waals surface area contributed by atoms with Crippen molar-refractivity contribution >= 4 is 23.0 Å². The van der Waals surface area contributed by atoms with Crippen LogP contribution in [0.1, 0.15) is 137 Å². The summed E-state index contributed by atoms with van der Waals surface area (Å²) in [4.78, 5) is 6.44. The number of aromatic nitrogens is 20. The van der Waals surface area contributed by atoms with Gasteiger partial charge in [-0.25, -0.2) is 17.6 Å². The van der Waals surface area contributed by atoms with Crippen molar-refractivity contribution in [2.45, 2.75) is 185 Å². The standard InChI is InChI=1S/2C23H28F2N6.C20H19N5O.C19H22N6O.C19H21N5O/c1-22(2)10-15(11-23(3,4)30-22)31(5)21-7-6-20(28-29-21)17-9-18(24)16(8-19(17)25)14-12-26-27-13-14;1-22(2)10-15(11-23(3,4)30-22)31(5)19-9-8-18(28-29-19)17-7-6-16(20(24)21(17)25)14-12-26-27-13-14;26-20-9-12(14-10-21-22-11-14)1-4-17(20)19-6-5-18(24-25-19)13-7-15-2-3-16(8-13)23-15;1-25(15-6-8-20-9-7-15)19-5-4-17(23-24-19)16-3-2-13(10-18(16)26)14-11-21-22-12-14;25-19-10-14(15-11-21-22-12-15)1-3-17(19)18-4-2-16(23-24-18)9-13-5-7-20-8-6-13/h2*6-9,12-13,15,30H,10-11H2,1-5H3,(H,26,27);1,4-7,9-11,15-16,23,26H,2-3,8H2,(H,21,22);2-5,10-12,15,20,26H,6-9H2,1H3,(H,21,22);1-4,10-13,20,25H,5-9H2,(H,21,22). The maximum atomic E-state index is 14.8. The van der Waals surface area contributed by atoms with Crippen LogP contribution >= 0.6 is 0 Å². The average molecular weight is 1880 g/mol. The maximum Gasteiger partial charge on any atom is 0.168 e. The molecule has 5 saturated heterocycles. The Bertz CT molecular complexity index is 6470. The monoisotopic (exact) mass is 1880 g/mol. The molecule has 6 aliphatic heterocycles. The lowest BCUT2D eigenvalue weighted by Crippen LogP contribution is -2.62. The van der Waals surface area contributed by atoms with E-state index in [1.807, 2.05) is 99.0 Å². The number of aromatic hydroxyl groups is 3. The first-order valence-corrected chi connectivity index (χ1v) is 47.2. The van der Waals surface area contributed by atoms with Gasteiger partial charge in [0.15, 0.2) is 29.1 Å². The normalized spacial score (nSPS) is 17.7. The number of phenols is 3. The van der Waals surface area contributed by atoms with E-state index in [1.165, 1.54) is 68.2 Å². The molecule has 139 heavy (non-hydrogen) atoms. The number of anilines is 3. The van der Waals surface area contributed by atoms with E-state index in [0.29, 0.717) is 92.0 Å². The van der Waals surface area contributed by atoms with Crippen LogP contribution < -0.4 is 41.3 Å². The average Bonchev–Trinajstić information content (AvgIpc) is 0.927. The quantitative estimate of drug-likeness (QED) is 0.0334. The molecule has 0 saturated carbocycles. The van der Waals surface area contributed by atoms with Crippen molar-refractivity contribution < 1.29 is 32.9 Å². The fraction of sp³-hybridized carbons (Fsp3) is 0.356. The molecule has 0 radical (unpaired) electrons. The highest BCUT2D eigenvalue weighted by molar-refractivity contribution is 5.78. The number of halogens is 4. The summed E-state index contributed by atoms with van der Waals surface area (Å²) in [5.74, 6) is 0.531. The Balaban J connectivity index is 0.000000120. The first kappa shape index (κ1) is 96.3. The van der Waals surface area contributed by atoms with Gasteiger partial charge in [-0.2, -0.15) is 40.8 Å². The summed E-state index contributed by atoms with van der Waals surface area (Å²) in [7, 11) is 6.08. The van der Waals surface area contributed by atoms with Gasteiger partial charge >= 0.3 is 0 Å². The molecule has 2 atom stereocenters. The maximum absolute atomic E-state index is 14.8. The summed E-state index contributed by atoms with van der Waals surface area (Å²) in [6.07, 6.45) is 31.6. The number of rotatable bonds is 19. The van der Waals surface area contributed by atoms with Crippen molar-refractivity contribution in [1.29, 1.82) is 0 Å². The number of fused-ring (bicyclic) bond motifs is 2. The van der Waals surface area contributed by atoms with Crippen LogP contribution in [0.3, 0.4) is 0 Å². The van der Waals surface area contributed by atoms with E-state index in [4.69, 9.17) is 0 Å². The highest BCUT2D eigenvalue weighted by Gasteiger charge is 2.42. The van der Waals surface area contributed by atoms with Crippen LogP contribution in [-0.2, 0) is 6.42 Å². The molecule has 0 amide bonds. The number of aromatic amines is 5. The van der Waals surface area contributed by atoms with Crippen LogP contribution in [0, 0.1) is 29.2 Å². The summed E-state index contributed by atoms with van der Waals surface area (Å²) in [6.45, 7) is 21.9. The van der Waals surface area contributed by atoms with Gasteiger partial charge in [0.2, 0.25) is 0 Å². The molecule has 2 unspecified atom stereocenters. The second-order valence-electron chi connectivity index (χ2n) is 39.3. The molecule has 0 aliphatic carbocycles. The lowest BCUT2D eigenvalue weighted by atomic mass is 9.79. The summed E-state index contributed by atoms with van der Waals surface area (Å²) >= 11 is 0. The summed E-state index contributed by atoms with van der Waals surface area (Å²) < 4.78 is 58.7. The van der Waals surface area contributed by atoms with E-state index in [1.54, 1.807) is 67.5 Å². The third kappa shape index (κ3) is 23.4. The minimum absolute atomic E-state index is 0.00539. The van der Waals surface area contributed by atoms with Crippen LogP contribution in [0.5, 0.6) is 17.2 Å². The molecule has 10 aromatic heterocycles. The van der Waals surface area contributed by atoms with Crippen molar-refractivity contribution in [1.82, 2.24) is 129 Å². The van der Waals surface area contributed by atoms with Crippen molar-refractivity contribution in [2.75, 3.05) is 62.0 Å². The summed E-state index contributed by atoms with van der Waals surface area (Å²) in [5, 5.41) is 125. The molecule has 5 fully saturated rings. The third-order valence-corrected chi connectivity index (χ3v) is 26.8. The zero-order chi connectivity index (χ0) is 97.3. The molecule has 5 aromatic carbocycles. The Morgan fingerprint density at radius 1 is 0.338 bits per heavy atom. The Kier molecular flexibility index (Phi) is 29.0. The molecule has 720 valence electrons. The van der Waals surface area contributed by atoms with E-state index >= 15 is 0 Å². The Labute approximate surface area is 804 Å². The Hall–Kier alpha value is -14.4. The number of nitrogens with one attached hydrogen (secondary N) is 10. The van der Waals surface area contributed by atoms with Gasteiger partial charge in [-0.3, -0.25) is 25.5 Å². The molecule has 2 bridgehead atoms. The zero-order valence-corrected chi connectivity index (χ0v) is 79.8. The van der Waals surface area contributed by atoms with Gasteiger partial charge in [-0.1, -0.05) is 30.3 Å². The minimum atomic E-state index is -0.948. The number of piperidine rings is 4. The zero-order valence-electron chi connectivity index (χ0n) is 79.8. The van der Waals surface area contributed by atoms with Gasteiger partial charge in [0.25, 0.3) is 0 Å². The second-order valence-corrected chi connectivity index (χ2v) is 39.3. The van der Waals surface area contributed by atoms with Crippen LogP contribution in [-0.4, -0.2) is 217 Å². The van der Waals surface area contributed by atoms with Gasteiger partial charge in [-0.15, -0.1) is 35.7 Å². The molecule has 0 spiro atoms. The number of H-pyrrole nitrogens is 5. The molecule has 31 nitrogen and oxygen atoms in total. The van der Waals surface area contributed by atoms with Gasteiger partial charge < -0.3 is 56.6 Å². The molecule has 21 rings (SSSR count). The van der Waals surface area contributed by atoms with Gasteiger partial charge in [0.05, 0.1) is 70.8 Å². The first-order chi connectivity index (χ1) is 66.9.